The molecule has 0 atom stereocenters. The number of halogens is 1. The second kappa shape index (κ2) is 7.14. The largest absolute Gasteiger partial charge is 0.484 e. The lowest BCUT2D eigenvalue weighted by molar-refractivity contribution is -0.132. The molecule has 0 aromatic heterocycles. The molecule has 0 aliphatic carbocycles. The van der Waals surface area contributed by atoms with Crippen LogP contribution in [-0.4, -0.2) is 24.5 Å². The topological polar surface area (TPSA) is 29.5 Å². The van der Waals surface area contributed by atoms with Crippen molar-refractivity contribution in [3.63, 3.8) is 0 Å². The number of hydrogen-bond acceptors (Lipinski definition) is 2. The standard InChI is InChI=1S/C17H18ClNO2/c1-13-3-5-14(6-4-13)11-19(2)17(20)12-21-16-9-7-15(18)8-10-16/h3-10H,11-12H2,1-2H3. The van der Waals surface area contributed by atoms with E-state index in [0.717, 1.165) is 5.56 Å². The maximum Gasteiger partial charge on any atom is 0.260 e. The van der Waals surface area contributed by atoms with E-state index in [1.165, 1.54) is 5.56 Å². The summed E-state index contributed by atoms with van der Waals surface area (Å²) in [5.74, 6) is 0.571. The molecule has 21 heavy (non-hydrogen) atoms. The van der Waals surface area contributed by atoms with Gasteiger partial charge in [0.1, 0.15) is 5.75 Å². The Balaban J connectivity index is 1.84. The zero-order valence-electron chi connectivity index (χ0n) is 12.2. The molecule has 0 saturated heterocycles. The van der Waals surface area contributed by atoms with Gasteiger partial charge in [0.15, 0.2) is 6.61 Å². The number of likely N-dealkylation sites (N-methyl/N-ethyl adjacent to an activating group) is 1. The lowest BCUT2D eigenvalue weighted by Crippen LogP contribution is -2.30. The molecule has 2 aromatic rings. The molecule has 0 N–H and O–H groups in total. The fourth-order valence-corrected chi connectivity index (χ4v) is 1.97. The summed E-state index contributed by atoms with van der Waals surface area (Å²) in [6.07, 6.45) is 0. The highest BCUT2D eigenvalue weighted by Crippen LogP contribution is 2.15. The number of ether oxygens (including phenoxy) is 1. The van der Waals surface area contributed by atoms with Gasteiger partial charge in [-0.25, -0.2) is 0 Å². The first kappa shape index (κ1) is 15.4. The van der Waals surface area contributed by atoms with Gasteiger partial charge in [-0.05, 0) is 36.8 Å². The SMILES string of the molecule is Cc1ccc(CN(C)C(=O)COc2ccc(Cl)cc2)cc1. The number of nitrogens with zero attached hydrogens (tertiary/aromatic N) is 1. The van der Waals surface area contributed by atoms with E-state index in [2.05, 4.69) is 0 Å². The molecular formula is C17H18ClNO2. The van der Waals surface area contributed by atoms with Crippen LogP contribution in [0.1, 0.15) is 11.1 Å². The molecule has 1 amide bonds. The van der Waals surface area contributed by atoms with Gasteiger partial charge in [0.2, 0.25) is 0 Å². The molecule has 0 unspecified atom stereocenters. The van der Waals surface area contributed by atoms with Crippen LogP contribution in [0, 0.1) is 6.92 Å². The minimum absolute atomic E-state index is 0.0179. The lowest BCUT2D eigenvalue weighted by atomic mass is 10.1. The Labute approximate surface area is 130 Å². The fourth-order valence-electron chi connectivity index (χ4n) is 1.84. The molecule has 3 nitrogen and oxygen atoms in total. The summed E-state index contributed by atoms with van der Waals surface area (Å²) in [6, 6.07) is 15.1. The first-order chi connectivity index (χ1) is 10.0. The zero-order chi connectivity index (χ0) is 15.2. The van der Waals surface area contributed by atoms with Crippen LogP contribution in [-0.2, 0) is 11.3 Å². The van der Waals surface area contributed by atoms with Crippen molar-refractivity contribution >= 4 is 17.5 Å². The lowest BCUT2D eigenvalue weighted by Gasteiger charge is -2.17. The smallest absolute Gasteiger partial charge is 0.260 e. The summed E-state index contributed by atoms with van der Waals surface area (Å²) in [6.45, 7) is 2.63. The van der Waals surface area contributed by atoms with Gasteiger partial charge < -0.3 is 9.64 Å². The van der Waals surface area contributed by atoms with Gasteiger partial charge in [0.25, 0.3) is 5.91 Å². The van der Waals surface area contributed by atoms with E-state index in [4.69, 9.17) is 16.3 Å². The van der Waals surface area contributed by atoms with Gasteiger partial charge in [0.05, 0.1) is 0 Å². The van der Waals surface area contributed by atoms with Crippen LogP contribution in [0.3, 0.4) is 0 Å². The molecule has 0 spiro atoms. The van der Waals surface area contributed by atoms with E-state index in [1.807, 2.05) is 31.2 Å². The van der Waals surface area contributed by atoms with Crippen molar-refractivity contribution in [1.29, 1.82) is 0 Å². The third-order valence-electron chi connectivity index (χ3n) is 3.14. The second-order valence-corrected chi connectivity index (χ2v) is 5.41. The van der Waals surface area contributed by atoms with E-state index in [1.54, 1.807) is 36.2 Å². The number of aryl methyl sites for hydroxylation is 1. The maximum absolute atomic E-state index is 12.0. The fraction of sp³-hybridized carbons (Fsp3) is 0.235. The van der Waals surface area contributed by atoms with E-state index in [9.17, 15) is 4.79 Å². The van der Waals surface area contributed by atoms with Crippen molar-refractivity contribution in [1.82, 2.24) is 4.90 Å². The average molecular weight is 304 g/mol. The van der Waals surface area contributed by atoms with Gasteiger partial charge in [-0.2, -0.15) is 0 Å². The summed E-state index contributed by atoms with van der Waals surface area (Å²) in [5.41, 5.74) is 2.31. The second-order valence-electron chi connectivity index (χ2n) is 4.98. The molecule has 4 heteroatoms. The van der Waals surface area contributed by atoms with Gasteiger partial charge >= 0.3 is 0 Å². The van der Waals surface area contributed by atoms with E-state index < -0.39 is 0 Å². The molecule has 0 aliphatic heterocycles. The highest BCUT2D eigenvalue weighted by molar-refractivity contribution is 6.30. The van der Waals surface area contributed by atoms with Crippen LogP contribution in [0.2, 0.25) is 5.02 Å². The maximum atomic E-state index is 12.0. The van der Waals surface area contributed by atoms with Crippen LogP contribution < -0.4 is 4.74 Å². The third kappa shape index (κ3) is 4.80. The summed E-state index contributed by atoms with van der Waals surface area (Å²) in [5, 5.41) is 0.644. The first-order valence-corrected chi connectivity index (χ1v) is 7.10. The molecule has 2 rings (SSSR count). The molecule has 110 valence electrons. The van der Waals surface area contributed by atoms with Crippen LogP contribution in [0.4, 0.5) is 0 Å². The van der Waals surface area contributed by atoms with Crippen LogP contribution in [0.25, 0.3) is 0 Å². The molecule has 0 aliphatic rings. The molecule has 0 bridgehead atoms. The first-order valence-electron chi connectivity index (χ1n) is 6.72. The molecular weight excluding hydrogens is 286 g/mol. The van der Waals surface area contributed by atoms with E-state index >= 15 is 0 Å². The van der Waals surface area contributed by atoms with Crippen molar-refractivity contribution in [2.75, 3.05) is 13.7 Å². The Morgan fingerprint density at radius 2 is 1.71 bits per heavy atom. The third-order valence-corrected chi connectivity index (χ3v) is 3.39. The Hall–Kier alpha value is -2.00. The normalized spacial score (nSPS) is 10.2. The van der Waals surface area contributed by atoms with Crippen molar-refractivity contribution in [2.45, 2.75) is 13.5 Å². The summed E-state index contributed by atoms with van der Waals surface area (Å²) < 4.78 is 5.45. The molecule has 0 fully saturated rings. The monoisotopic (exact) mass is 303 g/mol. The minimum atomic E-state index is -0.0643. The van der Waals surface area contributed by atoms with Crippen molar-refractivity contribution in [3.8, 4) is 5.75 Å². The number of benzene rings is 2. The van der Waals surface area contributed by atoms with Crippen molar-refractivity contribution in [3.05, 3.63) is 64.7 Å². The van der Waals surface area contributed by atoms with E-state index in [-0.39, 0.29) is 12.5 Å². The van der Waals surface area contributed by atoms with Crippen LogP contribution >= 0.6 is 11.6 Å². The summed E-state index contributed by atoms with van der Waals surface area (Å²) in [4.78, 5) is 13.7. The van der Waals surface area contributed by atoms with Gasteiger partial charge in [-0.3, -0.25) is 4.79 Å². The number of carbonyl (C=O) groups is 1. The Morgan fingerprint density at radius 1 is 1.10 bits per heavy atom. The van der Waals surface area contributed by atoms with Gasteiger partial charge in [0, 0.05) is 18.6 Å². The van der Waals surface area contributed by atoms with Crippen molar-refractivity contribution in [2.24, 2.45) is 0 Å². The number of amides is 1. The van der Waals surface area contributed by atoms with Crippen LogP contribution in [0.5, 0.6) is 5.75 Å². The summed E-state index contributed by atoms with van der Waals surface area (Å²) in [7, 11) is 1.77. The molecule has 0 saturated carbocycles. The Kier molecular flexibility index (Phi) is 5.23. The number of hydrogen-bond donors (Lipinski definition) is 0. The Bertz CT molecular complexity index is 593. The van der Waals surface area contributed by atoms with Crippen molar-refractivity contribution < 1.29 is 9.53 Å². The van der Waals surface area contributed by atoms with Gasteiger partial charge in [-0.1, -0.05) is 41.4 Å². The van der Waals surface area contributed by atoms with E-state index in [0.29, 0.717) is 17.3 Å². The van der Waals surface area contributed by atoms with Gasteiger partial charge in [-0.15, -0.1) is 0 Å². The predicted octanol–water partition coefficient (Wildman–Crippen LogP) is 3.69. The average Bonchev–Trinajstić information content (AvgIpc) is 2.48. The number of rotatable bonds is 5. The molecule has 0 heterocycles. The number of carbonyl (C=O) groups excluding carboxylic acids is 1. The zero-order valence-corrected chi connectivity index (χ0v) is 12.9. The highest BCUT2D eigenvalue weighted by Gasteiger charge is 2.10. The quantitative estimate of drug-likeness (QED) is 0.843. The Morgan fingerprint density at radius 3 is 2.33 bits per heavy atom. The predicted molar refractivity (Wildman–Crippen MR) is 84.6 cm³/mol. The van der Waals surface area contributed by atoms with Crippen LogP contribution in [0.15, 0.2) is 48.5 Å². The molecule has 2 aromatic carbocycles. The summed E-state index contributed by atoms with van der Waals surface area (Å²) >= 11 is 5.80. The highest BCUT2D eigenvalue weighted by atomic mass is 35.5. The molecule has 0 radical (unpaired) electrons. The minimum Gasteiger partial charge on any atom is -0.484 e.